The molecular formula is C18H28N4O2. The molecule has 0 radical (unpaired) electrons. The number of likely N-dealkylation sites (N-methyl/N-ethyl adjacent to an activating group) is 1. The maximum Gasteiger partial charge on any atom is 0.250 e. The van der Waals surface area contributed by atoms with Crippen LogP contribution in [0.3, 0.4) is 0 Å². The van der Waals surface area contributed by atoms with Crippen LogP contribution in [-0.4, -0.2) is 58.6 Å². The predicted octanol–water partition coefficient (Wildman–Crippen LogP) is 1.87. The SMILES string of the molecule is CN(C)C(=O)C1(n2cccn2)CCN(C(=O)C2CCCCC2)CC1. The number of amides is 2. The summed E-state index contributed by atoms with van der Waals surface area (Å²) in [6, 6.07) is 1.85. The van der Waals surface area contributed by atoms with Crippen LogP contribution < -0.4 is 0 Å². The highest BCUT2D eigenvalue weighted by Crippen LogP contribution is 2.33. The Morgan fingerprint density at radius 2 is 1.79 bits per heavy atom. The van der Waals surface area contributed by atoms with Crippen LogP contribution in [-0.2, 0) is 15.1 Å². The Kier molecular flexibility index (Phi) is 4.92. The standard InChI is InChI=1S/C18H28N4O2/c1-20(2)17(24)18(22-12-6-11-19-22)9-13-21(14-10-18)16(23)15-7-4-3-5-8-15/h6,11-12,15H,3-5,7-10,13-14H2,1-2H3. The maximum absolute atomic E-state index is 12.9. The summed E-state index contributed by atoms with van der Waals surface area (Å²) in [6.45, 7) is 1.27. The first kappa shape index (κ1) is 17.0. The minimum atomic E-state index is -0.656. The van der Waals surface area contributed by atoms with Gasteiger partial charge in [0.1, 0.15) is 5.54 Å². The summed E-state index contributed by atoms with van der Waals surface area (Å²) in [6.07, 6.45) is 10.5. The van der Waals surface area contributed by atoms with Gasteiger partial charge in [0.15, 0.2) is 0 Å². The average molecular weight is 332 g/mol. The van der Waals surface area contributed by atoms with Gasteiger partial charge in [-0.15, -0.1) is 0 Å². The predicted molar refractivity (Wildman–Crippen MR) is 91.3 cm³/mol. The van der Waals surface area contributed by atoms with Crippen LogP contribution in [0.4, 0.5) is 0 Å². The van der Waals surface area contributed by atoms with Crippen molar-refractivity contribution in [3.8, 4) is 0 Å². The van der Waals surface area contributed by atoms with E-state index in [4.69, 9.17) is 0 Å². The van der Waals surface area contributed by atoms with Crippen molar-refractivity contribution >= 4 is 11.8 Å². The van der Waals surface area contributed by atoms with Crippen molar-refractivity contribution in [2.24, 2.45) is 5.92 Å². The molecule has 24 heavy (non-hydrogen) atoms. The third-order valence-electron chi connectivity index (χ3n) is 5.60. The Hall–Kier alpha value is -1.85. The highest BCUT2D eigenvalue weighted by molar-refractivity contribution is 5.85. The lowest BCUT2D eigenvalue weighted by molar-refractivity contribution is -0.147. The van der Waals surface area contributed by atoms with Gasteiger partial charge in [-0.25, -0.2) is 0 Å². The van der Waals surface area contributed by atoms with E-state index in [1.807, 2.05) is 17.2 Å². The molecule has 0 unspecified atom stereocenters. The lowest BCUT2D eigenvalue weighted by atomic mass is 9.84. The van der Waals surface area contributed by atoms with Crippen molar-refractivity contribution in [1.29, 1.82) is 0 Å². The molecule has 6 heteroatoms. The number of piperidine rings is 1. The first-order chi connectivity index (χ1) is 11.5. The number of likely N-dealkylation sites (tertiary alicyclic amines) is 1. The lowest BCUT2D eigenvalue weighted by Crippen LogP contribution is -2.56. The number of aromatic nitrogens is 2. The van der Waals surface area contributed by atoms with Crippen LogP contribution >= 0.6 is 0 Å². The van der Waals surface area contributed by atoms with Crippen molar-refractivity contribution in [1.82, 2.24) is 19.6 Å². The summed E-state index contributed by atoms with van der Waals surface area (Å²) < 4.78 is 1.79. The van der Waals surface area contributed by atoms with E-state index in [1.165, 1.54) is 19.3 Å². The third-order valence-corrected chi connectivity index (χ3v) is 5.60. The normalized spacial score (nSPS) is 21.5. The fourth-order valence-corrected chi connectivity index (χ4v) is 4.18. The molecular weight excluding hydrogens is 304 g/mol. The van der Waals surface area contributed by atoms with Gasteiger partial charge in [0.2, 0.25) is 11.8 Å². The second kappa shape index (κ2) is 6.95. The fourth-order valence-electron chi connectivity index (χ4n) is 4.18. The van der Waals surface area contributed by atoms with Gasteiger partial charge in [-0.1, -0.05) is 19.3 Å². The van der Waals surface area contributed by atoms with Gasteiger partial charge in [0.25, 0.3) is 0 Å². The number of hydrogen-bond donors (Lipinski definition) is 0. The summed E-state index contributed by atoms with van der Waals surface area (Å²) in [4.78, 5) is 29.2. The van der Waals surface area contributed by atoms with Crippen molar-refractivity contribution in [2.45, 2.75) is 50.5 Å². The van der Waals surface area contributed by atoms with E-state index in [0.29, 0.717) is 31.8 Å². The van der Waals surface area contributed by atoms with E-state index in [9.17, 15) is 9.59 Å². The van der Waals surface area contributed by atoms with Gasteiger partial charge in [0, 0.05) is 45.5 Å². The van der Waals surface area contributed by atoms with E-state index in [-0.39, 0.29) is 11.8 Å². The zero-order valence-electron chi connectivity index (χ0n) is 14.8. The second-order valence-electron chi connectivity index (χ2n) is 7.34. The van der Waals surface area contributed by atoms with Crippen molar-refractivity contribution in [2.75, 3.05) is 27.2 Å². The molecule has 6 nitrogen and oxygen atoms in total. The molecule has 1 aliphatic carbocycles. The van der Waals surface area contributed by atoms with E-state index >= 15 is 0 Å². The summed E-state index contributed by atoms with van der Waals surface area (Å²) in [5.41, 5.74) is -0.656. The molecule has 2 fully saturated rings. The largest absolute Gasteiger partial charge is 0.347 e. The van der Waals surface area contributed by atoms with Crippen LogP contribution in [0.1, 0.15) is 44.9 Å². The number of hydrogen-bond acceptors (Lipinski definition) is 3. The summed E-state index contributed by atoms with van der Waals surface area (Å²) in [5, 5.41) is 4.34. The van der Waals surface area contributed by atoms with Gasteiger partial charge >= 0.3 is 0 Å². The molecule has 0 N–H and O–H groups in total. The lowest BCUT2D eigenvalue weighted by Gasteiger charge is -2.43. The van der Waals surface area contributed by atoms with Crippen molar-refractivity contribution in [3.63, 3.8) is 0 Å². The fraction of sp³-hybridized carbons (Fsp3) is 0.722. The Morgan fingerprint density at radius 3 is 2.33 bits per heavy atom. The highest BCUT2D eigenvalue weighted by atomic mass is 16.2. The molecule has 2 heterocycles. The van der Waals surface area contributed by atoms with Crippen LogP contribution in [0.5, 0.6) is 0 Å². The van der Waals surface area contributed by atoms with Crippen LogP contribution in [0.15, 0.2) is 18.5 Å². The van der Waals surface area contributed by atoms with Crippen LogP contribution in [0.25, 0.3) is 0 Å². The molecule has 0 bridgehead atoms. The van der Waals surface area contributed by atoms with Crippen LogP contribution in [0.2, 0.25) is 0 Å². The Morgan fingerprint density at radius 1 is 1.12 bits per heavy atom. The first-order valence-electron chi connectivity index (χ1n) is 9.05. The zero-order valence-corrected chi connectivity index (χ0v) is 14.8. The maximum atomic E-state index is 12.9. The number of rotatable bonds is 3. The van der Waals surface area contributed by atoms with Crippen molar-refractivity contribution < 1.29 is 9.59 Å². The van der Waals surface area contributed by atoms with Gasteiger partial charge in [0.05, 0.1) is 0 Å². The summed E-state index contributed by atoms with van der Waals surface area (Å²) in [5.74, 6) is 0.553. The molecule has 1 saturated carbocycles. The third kappa shape index (κ3) is 3.06. The Labute approximate surface area is 143 Å². The molecule has 132 valence electrons. The van der Waals surface area contributed by atoms with E-state index in [1.54, 1.807) is 29.9 Å². The quantitative estimate of drug-likeness (QED) is 0.849. The van der Waals surface area contributed by atoms with Gasteiger partial charge in [-0.05, 0) is 31.7 Å². The van der Waals surface area contributed by atoms with Gasteiger partial charge < -0.3 is 9.80 Å². The monoisotopic (exact) mass is 332 g/mol. The van der Waals surface area contributed by atoms with E-state index in [0.717, 1.165) is 12.8 Å². The number of carbonyl (C=O) groups is 2. The molecule has 0 aromatic carbocycles. The number of carbonyl (C=O) groups excluding carboxylic acids is 2. The van der Waals surface area contributed by atoms with Gasteiger partial charge in [-0.2, -0.15) is 5.10 Å². The molecule has 0 atom stereocenters. The van der Waals surface area contributed by atoms with E-state index in [2.05, 4.69) is 5.10 Å². The Bertz CT molecular complexity index is 568. The number of nitrogens with zero attached hydrogens (tertiary/aromatic N) is 4. The minimum absolute atomic E-state index is 0.0657. The molecule has 2 amide bonds. The topological polar surface area (TPSA) is 58.4 Å². The summed E-state index contributed by atoms with van der Waals surface area (Å²) >= 11 is 0. The molecule has 1 aromatic rings. The molecule has 1 aromatic heterocycles. The van der Waals surface area contributed by atoms with E-state index < -0.39 is 5.54 Å². The highest BCUT2D eigenvalue weighted by Gasteiger charge is 2.45. The van der Waals surface area contributed by atoms with Crippen LogP contribution in [0, 0.1) is 5.92 Å². The smallest absolute Gasteiger partial charge is 0.250 e. The summed E-state index contributed by atoms with van der Waals surface area (Å²) in [7, 11) is 3.57. The first-order valence-corrected chi connectivity index (χ1v) is 9.05. The molecule has 1 aliphatic heterocycles. The average Bonchev–Trinajstić information content (AvgIpc) is 3.16. The zero-order chi connectivity index (χ0) is 17.2. The second-order valence-corrected chi connectivity index (χ2v) is 7.34. The molecule has 0 spiro atoms. The Balaban J connectivity index is 1.72. The minimum Gasteiger partial charge on any atom is -0.347 e. The molecule has 3 rings (SSSR count). The van der Waals surface area contributed by atoms with Crippen molar-refractivity contribution in [3.05, 3.63) is 18.5 Å². The van der Waals surface area contributed by atoms with Gasteiger partial charge in [-0.3, -0.25) is 14.3 Å². The molecule has 2 aliphatic rings. The molecule has 1 saturated heterocycles.